The molecule has 1 aromatic carbocycles. The normalized spacial score (nSPS) is 15.8. The fraction of sp³-hybridized carbons (Fsp3) is 0.357. The van der Waals surface area contributed by atoms with E-state index in [-0.39, 0.29) is 30.7 Å². The summed E-state index contributed by atoms with van der Waals surface area (Å²) >= 11 is 0. The number of para-hydroxylation sites is 1. The standard InChI is InChI=1S/C14H16N2O4/c1-10(17)11-4-2-3-5-12(11)20-7-6-16-8-13(18)15-14(19)9-16/h2-5H,6-9H2,1H3,(H,15,18,19). The van der Waals surface area contributed by atoms with Crippen molar-refractivity contribution in [2.45, 2.75) is 6.92 Å². The average molecular weight is 276 g/mol. The first-order valence-corrected chi connectivity index (χ1v) is 6.34. The molecule has 0 aromatic heterocycles. The summed E-state index contributed by atoms with van der Waals surface area (Å²) in [5.74, 6) is -0.142. The monoisotopic (exact) mass is 276 g/mol. The van der Waals surface area contributed by atoms with Crippen molar-refractivity contribution in [2.75, 3.05) is 26.2 Å². The Kier molecular flexibility index (Phi) is 4.47. The molecule has 0 atom stereocenters. The van der Waals surface area contributed by atoms with Crippen LogP contribution in [0.15, 0.2) is 24.3 Å². The summed E-state index contributed by atoms with van der Waals surface area (Å²) in [6.45, 7) is 2.61. The summed E-state index contributed by atoms with van der Waals surface area (Å²) < 4.78 is 5.57. The van der Waals surface area contributed by atoms with E-state index < -0.39 is 0 Å². The second-order valence-electron chi connectivity index (χ2n) is 4.58. The molecule has 0 radical (unpaired) electrons. The molecule has 6 heteroatoms. The topological polar surface area (TPSA) is 75.7 Å². The number of nitrogens with one attached hydrogen (secondary N) is 1. The molecule has 1 N–H and O–H groups in total. The first kappa shape index (κ1) is 14.2. The number of hydrogen-bond acceptors (Lipinski definition) is 5. The summed E-state index contributed by atoms with van der Waals surface area (Å²) in [4.78, 5) is 35.5. The molecule has 0 unspecified atom stereocenters. The van der Waals surface area contributed by atoms with Gasteiger partial charge < -0.3 is 4.74 Å². The summed E-state index contributed by atoms with van der Waals surface area (Å²) in [5.41, 5.74) is 0.528. The van der Waals surface area contributed by atoms with Crippen molar-refractivity contribution < 1.29 is 19.1 Å². The SMILES string of the molecule is CC(=O)c1ccccc1OCCN1CC(=O)NC(=O)C1. The highest BCUT2D eigenvalue weighted by molar-refractivity contribution is 5.99. The molecule has 6 nitrogen and oxygen atoms in total. The predicted octanol–water partition coefficient (Wildman–Crippen LogP) is 0.226. The van der Waals surface area contributed by atoms with Crippen molar-refractivity contribution >= 4 is 17.6 Å². The first-order chi connectivity index (χ1) is 9.56. The molecule has 0 aliphatic carbocycles. The Bertz CT molecular complexity index is 526. The Balaban J connectivity index is 1.88. The molecule has 1 saturated heterocycles. The second kappa shape index (κ2) is 6.29. The summed E-state index contributed by atoms with van der Waals surface area (Å²) in [6.07, 6.45) is 0. The molecule has 1 fully saturated rings. The Morgan fingerprint density at radius 2 is 1.90 bits per heavy atom. The number of hydrogen-bond donors (Lipinski definition) is 1. The summed E-state index contributed by atoms with van der Waals surface area (Å²) in [5, 5.41) is 2.24. The maximum absolute atomic E-state index is 11.4. The molecule has 1 aromatic rings. The van der Waals surface area contributed by atoms with Gasteiger partial charge >= 0.3 is 0 Å². The maximum atomic E-state index is 11.4. The molecule has 0 saturated carbocycles. The number of Topliss-reactive ketones (excluding diaryl/α,β-unsaturated/α-hetero) is 1. The van der Waals surface area contributed by atoms with E-state index in [1.54, 1.807) is 29.2 Å². The minimum absolute atomic E-state index is 0.0619. The van der Waals surface area contributed by atoms with Gasteiger partial charge in [-0.3, -0.25) is 24.6 Å². The lowest BCUT2D eigenvalue weighted by molar-refractivity contribution is -0.136. The third kappa shape index (κ3) is 3.64. The number of ether oxygens (including phenoxy) is 1. The van der Waals surface area contributed by atoms with Gasteiger partial charge in [-0.15, -0.1) is 0 Å². The van der Waals surface area contributed by atoms with Crippen LogP contribution in [-0.4, -0.2) is 48.7 Å². The van der Waals surface area contributed by atoms with Crippen LogP contribution in [0.1, 0.15) is 17.3 Å². The van der Waals surface area contributed by atoms with Gasteiger partial charge in [0.1, 0.15) is 12.4 Å². The van der Waals surface area contributed by atoms with Gasteiger partial charge in [-0.25, -0.2) is 0 Å². The molecule has 1 aliphatic heterocycles. The fourth-order valence-corrected chi connectivity index (χ4v) is 2.02. The number of benzene rings is 1. The smallest absolute Gasteiger partial charge is 0.240 e. The van der Waals surface area contributed by atoms with Crippen LogP contribution in [0.3, 0.4) is 0 Å². The number of piperazine rings is 1. The van der Waals surface area contributed by atoms with Crippen LogP contribution in [0.2, 0.25) is 0 Å². The number of carbonyl (C=O) groups is 3. The fourth-order valence-electron chi connectivity index (χ4n) is 2.02. The summed E-state index contributed by atoms with van der Waals surface area (Å²) in [7, 11) is 0. The second-order valence-corrected chi connectivity index (χ2v) is 4.58. The van der Waals surface area contributed by atoms with E-state index in [2.05, 4.69) is 5.32 Å². The van der Waals surface area contributed by atoms with Crippen LogP contribution in [0.25, 0.3) is 0 Å². The van der Waals surface area contributed by atoms with Crippen molar-refractivity contribution in [3.05, 3.63) is 29.8 Å². The number of carbonyl (C=O) groups excluding carboxylic acids is 3. The van der Waals surface area contributed by atoms with Gasteiger partial charge in [0, 0.05) is 6.54 Å². The molecule has 106 valence electrons. The van der Waals surface area contributed by atoms with E-state index in [1.165, 1.54) is 6.92 Å². The number of imide groups is 1. The molecular formula is C14H16N2O4. The molecule has 0 bridgehead atoms. The van der Waals surface area contributed by atoms with Gasteiger partial charge in [0.25, 0.3) is 0 Å². The Morgan fingerprint density at radius 1 is 1.25 bits per heavy atom. The minimum atomic E-state index is -0.301. The molecular weight excluding hydrogens is 260 g/mol. The third-order valence-electron chi connectivity index (χ3n) is 2.94. The zero-order valence-electron chi connectivity index (χ0n) is 11.2. The van der Waals surface area contributed by atoms with Gasteiger partial charge in [0.05, 0.1) is 18.7 Å². The maximum Gasteiger partial charge on any atom is 0.240 e. The van der Waals surface area contributed by atoms with Crippen LogP contribution in [0, 0.1) is 0 Å². The number of amides is 2. The van der Waals surface area contributed by atoms with Gasteiger partial charge in [0.2, 0.25) is 11.8 Å². The lowest BCUT2D eigenvalue weighted by Crippen LogP contribution is -2.52. The molecule has 2 rings (SSSR count). The van der Waals surface area contributed by atoms with Crippen molar-refractivity contribution in [1.82, 2.24) is 10.2 Å². The molecule has 20 heavy (non-hydrogen) atoms. The minimum Gasteiger partial charge on any atom is -0.491 e. The Labute approximate surface area is 116 Å². The van der Waals surface area contributed by atoms with Crippen LogP contribution < -0.4 is 10.1 Å². The zero-order valence-corrected chi connectivity index (χ0v) is 11.2. The number of nitrogens with zero attached hydrogens (tertiary/aromatic N) is 1. The highest BCUT2D eigenvalue weighted by Gasteiger charge is 2.22. The van der Waals surface area contributed by atoms with Crippen LogP contribution in [0.5, 0.6) is 5.75 Å². The van der Waals surface area contributed by atoms with Crippen LogP contribution in [-0.2, 0) is 9.59 Å². The third-order valence-corrected chi connectivity index (χ3v) is 2.94. The molecule has 1 heterocycles. The van der Waals surface area contributed by atoms with E-state index in [9.17, 15) is 14.4 Å². The predicted molar refractivity (Wildman–Crippen MR) is 71.5 cm³/mol. The van der Waals surface area contributed by atoms with Gasteiger partial charge in [-0.05, 0) is 19.1 Å². The van der Waals surface area contributed by atoms with Crippen molar-refractivity contribution in [1.29, 1.82) is 0 Å². The highest BCUT2D eigenvalue weighted by atomic mass is 16.5. The molecule has 2 amide bonds. The van der Waals surface area contributed by atoms with E-state index in [0.717, 1.165) is 0 Å². The van der Waals surface area contributed by atoms with Crippen molar-refractivity contribution in [2.24, 2.45) is 0 Å². The van der Waals surface area contributed by atoms with Gasteiger partial charge in [0.15, 0.2) is 5.78 Å². The molecule has 1 aliphatic rings. The number of ketones is 1. The van der Waals surface area contributed by atoms with Crippen LogP contribution >= 0.6 is 0 Å². The van der Waals surface area contributed by atoms with Gasteiger partial charge in [-0.1, -0.05) is 12.1 Å². The summed E-state index contributed by atoms with van der Waals surface area (Å²) in [6, 6.07) is 7.00. The van der Waals surface area contributed by atoms with E-state index >= 15 is 0 Å². The van der Waals surface area contributed by atoms with Gasteiger partial charge in [-0.2, -0.15) is 0 Å². The number of rotatable bonds is 5. The van der Waals surface area contributed by atoms with E-state index in [0.29, 0.717) is 24.5 Å². The highest BCUT2D eigenvalue weighted by Crippen LogP contribution is 2.18. The van der Waals surface area contributed by atoms with Crippen LogP contribution in [0.4, 0.5) is 0 Å². The Hall–Kier alpha value is -2.21. The average Bonchev–Trinajstić information content (AvgIpc) is 2.38. The Morgan fingerprint density at radius 3 is 2.55 bits per heavy atom. The van der Waals surface area contributed by atoms with Crippen molar-refractivity contribution in [3.8, 4) is 5.75 Å². The molecule has 0 spiro atoms. The zero-order chi connectivity index (χ0) is 14.5. The lowest BCUT2D eigenvalue weighted by Gasteiger charge is -2.25. The van der Waals surface area contributed by atoms with E-state index in [4.69, 9.17) is 4.74 Å². The quantitative estimate of drug-likeness (QED) is 0.615. The van der Waals surface area contributed by atoms with Crippen molar-refractivity contribution in [3.63, 3.8) is 0 Å². The largest absolute Gasteiger partial charge is 0.491 e. The van der Waals surface area contributed by atoms with E-state index in [1.807, 2.05) is 0 Å². The first-order valence-electron chi connectivity index (χ1n) is 6.34. The lowest BCUT2D eigenvalue weighted by atomic mass is 10.1.